The fourth-order valence-corrected chi connectivity index (χ4v) is 5.58. The molecule has 0 bridgehead atoms. The summed E-state index contributed by atoms with van der Waals surface area (Å²) in [5.74, 6) is -0.603. The molecule has 0 unspecified atom stereocenters. The number of esters is 2. The first-order valence-corrected chi connectivity index (χ1v) is 20.0. The molecule has 0 aromatic carbocycles. The van der Waals surface area contributed by atoms with Crippen molar-refractivity contribution in [1.82, 2.24) is 0 Å². The zero-order valence-electron chi connectivity index (χ0n) is 31.0. The van der Waals surface area contributed by atoms with Gasteiger partial charge in [-0.3, -0.25) is 9.59 Å². The van der Waals surface area contributed by atoms with Gasteiger partial charge in [0.25, 0.3) is 0 Å². The molecule has 0 aliphatic rings. The lowest BCUT2D eigenvalue weighted by molar-refractivity contribution is -0.161. The number of allylic oxidation sites excluding steroid dienone is 6. The third-order valence-corrected chi connectivity index (χ3v) is 8.66. The Balaban J connectivity index is 3.56. The summed E-state index contributed by atoms with van der Waals surface area (Å²) < 4.78 is 10.6. The molecular formula is C42H76O5. The molecule has 0 fully saturated rings. The number of hydrogen-bond donors (Lipinski definition) is 1. The Bertz CT molecular complexity index is 756. The van der Waals surface area contributed by atoms with Gasteiger partial charge in [0.05, 0.1) is 6.61 Å². The maximum atomic E-state index is 12.2. The molecule has 0 aromatic rings. The molecule has 5 nitrogen and oxygen atoms in total. The van der Waals surface area contributed by atoms with Crippen LogP contribution < -0.4 is 0 Å². The van der Waals surface area contributed by atoms with Gasteiger partial charge in [0.15, 0.2) is 6.10 Å². The van der Waals surface area contributed by atoms with Crippen molar-refractivity contribution in [2.45, 2.75) is 206 Å². The predicted octanol–water partition coefficient (Wildman–Crippen LogP) is 12.5. The van der Waals surface area contributed by atoms with Crippen molar-refractivity contribution in [2.24, 2.45) is 0 Å². The Morgan fingerprint density at radius 1 is 0.489 bits per heavy atom. The molecule has 274 valence electrons. The van der Waals surface area contributed by atoms with E-state index in [0.717, 1.165) is 51.4 Å². The van der Waals surface area contributed by atoms with Crippen molar-refractivity contribution in [2.75, 3.05) is 13.2 Å². The van der Waals surface area contributed by atoms with E-state index in [1.165, 1.54) is 122 Å². The molecule has 0 amide bonds. The monoisotopic (exact) mass is 661 g/mol. The molecule has 0 saturated heterocycles. The highest BCUT2D eigenvalue weighted by atomic mass is 16.6. The number of rotatable bonds is 36. The fourth-order valence-electron chi connectivity index (χ4n) is 5.58. The number of unbranched alkanes of at least 4 members (excludes halogenated alkanes) is 22. The SMILES string of the molecule is CCCCC/C=C/C/C=C/CCCCCCCCCCCC(=O)O[C@@H](CO)COC(=O)CCCCCCC/C=C/CCCCCCC. The van der Waals surface area contributed by atoms with Gasteiger partial charge in [0.2, 0.25) is 0 Å². The largest absolute Gasteiger partial charge is 0.462 e. The number of hydrogen-bond acceptors (Lipinski definition) is 5. The summed E-state index contributed by atoms with van der Waals surface area (Å²) in [5.41, 5.74) is 0. The highest BCUT2D eigenvalue weighted by molar-refractivity contribution is 5.70. The maximum absolute atomic E-state index is 12.2. The minimum atomic E-state index is -0.775. The normalized spacial score (nSPS) is 12.5. The first kappa shape index (κ1) is 45.1. The van der Waals surface area contributed by atoms with Crippen molar-refractivity contribution in [3.05, 3.63) is 36.5 Å². The van der Waals surface area contributed by atoms with Gasteiger partial charge in [-0.05, 0) is 70.6 Å². The topological polar surface area (TPSA) is 72.8 Å². The third-order valence-electron chi connectivity index (χ3n) is 8.66. The van der Waals surface area contributed by atoms with E-state index in [2.05, 4.69) is 50.3 Å². The Labute approximate surface area is 291 Å². The zero-order chi connectivity index (χ0) is 34.3. The molecule has 1 N–H and O–H groups in total. The number of carbonyl (C=O) groups excluding carboxylic acids is 2. The number of aliphatic hydroxyl groups excluding tert-OH is 1. The fraction of sp³-hybridized carbons (Fsp3) is 0.810. The third kappa shape index (κ3) is 36.8. The highest BCUT2D eigenvalue weighted by Crippen LogP contribution is 2.13. The molecule has 0 aliphatic carbocycles. The van der Waals surface area contributed by atoms with Gasteiger partial charge in [-0.1, -0.05) is 153 Å². The molecule has 0 heterocycles. The first-order chi connectivity index (χ1) is 23.1. The van der Waals surface area contributed by atoms with Crippen molar-refractivity contribution in [1.29, 1.82) is 0 Å². The Hall–Kier alpha value is -1.88. The number of ether oxygens (including phenoxy) is 2. The van der Waals surface area contributed by atoms with E-state index in [-0.39, 0.29) is 25.2 Å². The quantitative estimate of drug-likeness (QED) is 0.0411. The smallest absolute Gasteiger partial charge is 0.306 e. The maximum Gasteiger partial charge on any atom is 0.306 e. The van der Waals surface area contributed by atoms with E-state index in [0.29, 0.717) is 12.8 Å². The number of aliphatic hydroxyl groups is 1. The molecule has 0 aromatic heterocycles. The highest BCUT2D eigenvalue weighted by Gasteiger charge is 2.16. The van der Waals surface area contributed by atoms with Crippen LogP contribution in [0.5, 0.6) is 0 Å². The second kappa shape index (κ2) is 38.6. The lowest BCUT2D eigenvalue weighted by Crippen LogP contribution is -2.28. The summed E-state index contributed by atoms with van der Waals surface area (Å²) in [5, 5.41) is 9.55. The minimum Gasteiger partial charge on any atom is -0.462 e. The summed E-state index contributed by atoms with van der Waals surface area (Å²) in [6.07, 6.45) is 46.3. The zero-order valence-corrected chi connectivity index (χ0v) is 31.0. The van der Waals surface area contributed by atoms with Gasteiger partial charge in [-0.15, -0.1) is 0 Å². The molecule has 1 atom stereocenters. The Kier molecular flexibility index (Phi) is 37.0. The van der Waals surface area contributed by atoms with Crippen LogP contribution in [-0.4, -0.2) is 36.4 Å². The standard InChI is InChI=1S/C42H76O5/c1-3-5-7-9-11-13-15-17-19-20-21-22-23-25-27-29-31-33-35-37-42(45)47-40(38-43)39-46-41(44)36-34-32-30-28-26-24-18-16-14-12-10-8-6-4-2/h11,13,16-19,40,43H,3-10,12,14-15,20-39H2,1-2H3/b13-11+,18-16+,19-17+/t40-/m0/s1. The molecule has 0 saturated carbocycles. The minimum absolute atomic E-state index is 0.0706. The second-order valence-corrected chi connectivity index (χ2v) is 13.4. The van der Waals surface area contributed by atoms with Crippen LogP contribution in [0, 0.1) is 0 Å². The predicted molar refractivity (Wildman–Crippen MR) is 201 cm³/mol. The van der Waals surface area contributed by atoms with Crippen LogP contribution >= 0.6 is 0 Å². The van der Waals surface area contributed by atoms with Gasteiger partial charge in [-0.2, -0.15) is 0 Å². The van der Waals surface area contributed by atoms with Crippen LogP contribution in [0.3, 0.4) is 0 Å². The summed E-state index contributed by atoms with van der Waals surface area (Å²) in [6.45, 7) is 4.09. The molecule has 0 radical (unpaired) electrons. The van der Waals surface area contributed by atoms with E-state index in [1.807, 2.05) is 0 Å². The number of carbonyl (C=O) groups is 2. The van der Waals surface area contributed by atoms with Crippen molar-refractivity contribution in [3.8, 4) is 0 Å². The average Bonchev–Trinajstić information content (AvgIpc) is 3.07. The van der Waals surface area contributed by atoms with Crippen molar-refractivity contribution in [3.63, 3.8) is 0 Å². The Morgan fingerprint density at radius 3 is 1.32 bits per heavy atom. The summed E-state index contributed by atoms with van der Waals surface area (Å²) in [6, 6.07) is 0. The van der Waals surface area contributed by atoms with Crippen LogP contribution in [0.1, 0.15) is 200 Å². The van der Waals surface area contributed by atoms with Gasteiger partial charge < -0.3 is 14.6 Å². The van der Waals surface area contributed by atoms with E-state index >= 15 is 0 Å². The summed E-state index contributed by atoms with van der Waals surface area (Å²) in [7, 11) is 0. The summed E-state index contributed by atoms with van der Waals surface area (Å²) in [4.78, 5) is 24.2. The van der Waals surface area contributed by atoms with Crippen LogP contribution in [0.4, 0.5) is 0 Å². The molecule has 0 rings (SSSR count). The first-order valence-electron chi connectivity index (χ1n) is 20.0. The van der Waals surface area contributed by atoms with Gasteiger partial charge in [0, 0.05) is 12.8 Å². The van der Waals surface area contributed by atoms with Gasteiger partial charge in [0.1, 0.15) is 6.61 Å². The molecule has 0 aliphatic heterocycles. The molecular weight excluding hydrogens is 584 g/mol. The molecule has 5 heteroatoms. The Morgan fingerprint density at radius 2 is 0.851 bits per heavy atom. The van der Waals surface area contributed by atoms with Crippen LogP contribution in [-0.2, 0) is 19.1 Å². The molecule has 0 spiro atoms. The van der Waals surface area contributed by atoms with E-state index in [4.69, 9.17) is 9.47 Å². The van der Waals surface area contributed by atoms with Gasteiger partial charge >= 0.3 is 11.9 Å². The lowest BCUT2D eigenvalue weighted by Gasteiger charge is -2.15. The second-order valence-electron chi connectivity index (χ2n) is 13.4. The lowest BCUT2D eigenvalue weighted by atomic mass is 10.1. The van der Waals surface area contributed by atoms with Crippen molar-refractivity contribution >= 4 is 11.9 Å². The van der Waals surface area contributed by atoms with Crippen LogP contribution in [0.2, 0.25) is 0 Å². The van der Waals surface area contributed by atoms with E-state index in [9.17, 15) is 14.7 Å². The van der Waals surface area contributed by atoms with Crippen LogP contribution in [0.25, 0.3) is 0 Å². The van der Waals surface area contributed by atoms with E-state index in [1.54, 1.807) is 0 Å². The van der Waals surface area contributed by atoms with Crippen molar-refractivity contribution < 1.29 is 24.2 Å². The molecule has 47 heavy (non-hydrogen) atoms. The van der Waals surface area contributed by atoms with Gasteiger partial charge in [-0.25, -0.2) is 0 Å². The van der Waals surface area contributed by atoms with E-state index < -0.39 is 6.10 Å². The average molecular weight is 661 g/mol. The summed E-state index contributed by atoms with van der Waals surface area (Å²) >= 11 is 0. The van der Waals surface area contributed by atoms with Crippen LogP contribution in [0.15, 0.2) is 36.5 Å².